The van der Waals surface area contributed by atoms with Crippen LogP contribution in [0.2, 0.25) is 0 Å². The van der Waals surface area contributed by atoms with Gasteiger partial charge in [-0.25, -0.2) is 0 Å². The predicted molar refractivity (Wildman–Crippen MR) is 41.3 cm³/mol. The van der Waals surface area contributed by atoms with Crippen molar-refractivity contribution < 1.29 is 4.74 Å². The maximum atomic E-state index is 4.53. The second-order valence-electron chi connectivity index (χ2n) is 0.398. The van der Waals surface area contributed by atoms with Crippen molar-refractivity contribution >= 4 is 46.6 Å². The van der Waals surface area contributed by atoms with Crippen LogP contribution >= 0.6 is 46.6 Å². The summed E-state index contributed by atoms with van der Waals surface area (Å²) in [5.74, 6) is 0. The first-order chi connectivity index (χ1) is 1.91. The third-order valence-corrected chi connectivity index (χ3v) is 0.732. The van der Waals surface area contributed by atoms with Gasteiger partial charge >= 0.3 is 0 Å². The van der Waals surface area contributed by atoms with Crippen LogP contribution in [0.15, 0.2) is 0 Å². The molecule has 0 saturated heterocycles. The molecule has 0 aromatic rings. The lowest BCUT2D eigenvalue weighted by Gasteiger charge is -1.74. The first-order valence-electron chi connectivity index (χ1n) is 0.964. The molecule has 0 aliphatic rings. The van der Waals surface area contributed by atoms with Crippen LogP contribution in [0.1, 0.15) is 0 Å². The molecule has 0 unspecified atom stereocenters. The molecule has 0 saturated carbocycles. The molecule has 0 bridgehead atoms. The molecular weight excluding hydrogens is 294 g/mol. The Bertz CT molecular complexity index is 9.61. The molecule has 0 amide bonds. The first kappa shape index (κ1) is 9.65. The lowest BCUT2D eigenvalue weighted by atomic mass is 11.6. The van der Waals surface area contributed by atoms with E-state index in [9.17, 15) is 0 Å². The smallest absolute Gasteiger partial charge is 0.0975 e. The van der Waals surface area contributed by atoms with E-state index in [1.807, 2.05) is 0 Å². The van der Waals surface area contributed by atoms with Crippen molar-refractivity contribution in [1.29, 1.82) is 0 Å². The zero-order chi connectivity index (χ0) is 3.41. The predicted octanol–water partition coefficient (Wildman–Crippen LogP) is 1.64. The molecule has 0 aromatic carbocycles. The zero-order valence-electron chi connectivity index (χ0n) is 2.90. The summed E-state index contributed by atoms with van der Waals surface area (Å²) in [6.07, 6.45) is 0. The number of ether oxygens (including phenoxy) is 1. The van der Waals surface area contributed by atoms with Crippen molar-refractivity contribution in [2.45, 2.75) is 0 Å². The Labute approximate surface area is 62.6 Å². The van der Waals surface area contributed by atoms with Crippen LogP contribution < -0.4 is 0 Å². The molecule has 0 radical (unpaired) electrons. The summed E-state index contributed by atoms with van der Waals surface area (Å²) in [7, 11) is 1.67. The molecule has 5 heavy (non-hydrogen) atoms. The molecule has 0 aliphatic carbocycles. The van der Waals surface area contributed by atoms with Gasteiger partial charge in [0.25, 0.3) is 0 Å². The fourth-order valence-electron chi connectivity index (χ4n) is 0. The van der Waals surface area contributed by atoms with E-state index in [0.29, 0.717) is 0 Å². The molecular formula is C2H6I2O. The van der Waals surface area contributed by atoms with Crippen LogP contribution in [-0.2, 0) is 4.74 Å². The van der Waals surface area contributed by atoms with Gasteiger partial charge < -0.3 is 4.74 Å². The van der Waals surface area contributed by atoms with Gasteiger partial charge in [0.2, 0.25) is 0 Å². The van der Waals surface area contributed by atoms with Crippen LogP contribution in [0.3, 0.4) is 0 Å². The number of halogens is 2. The van der Waals surface area contributed by atoms with Gasteiger partial charge in [-0.1, -0.05) is 22.6 Å². The maximum Gasteiger partial charge on any atom is 0.0975 e. The van der Waals surface area contributed by atoms with E-state index in [4.69, 9.17) is 0 Å². The minimum Gasteiger partial charge on any atom is -0.374 e. The van der Waals surface area contributed by atoms with Crippen molar-refractivity contribution in [2.75, 3.05) is 11.7 Å². The van der Waals surface area contributed by atoms with Gasteiger partial charge in [0.05, 0.1) is 4.61 Å². The normalized spacial score (nSPS) is 6.00. The summed E-state index contributed by atoms with van der Waals surface area (Å²) in [6, 6.07) is 0. The van der Waals surface area contributed by atoms with Gasteiger partial charge in [0, 0.05) is 7.11 Å². The van der Waals surface area contributed by atoms with Crippen molar-refractivity contribution in [3.8, 4) is 0 Å². The summed E-state index contributed by atoms with van der Waals surface area (Å²) in [4.78, 5) is 0. The topological polar surface area (TPSA) is 9.23 Å². The molecule has 0 fully saturated rings. The van der Waals surface area contributed by atoms with E-state index < -0.39 is 0 Å². The summed E-state index contributed by atoms with van der Waals surface area (Å²) < 4.78 is 5.32. The molecule has 0 aromatic heterocycles. The average Bonchev–Trinajstić information content (AvgIpc) is 1.37. The molecule has 0 heterocycles. The number of hydrogen-bond acceptors (Lipinski definition) is 1. The Balaban J connectivity index is 0. The average molecular weight is 300 g/mol. The first-order valence-corrected chi connectivity index (χ1v) is 2.49. The van der Waals surface area contributed by atoms with Gasteiger partial charge in [0.15, 0.2) is 0 Å². The van der Waals surface area contributed by atoms with Crippen molar-refractivity contribution in [1.82, 2.24) is 0 Å². The number of rotatable bonds is 1. The van der Waals surface area contributed by atoms with Gasteiger partial charge in [-0.2, -0.15) is 0 Å². The van der Waals surface area contributed by atoms with E-state index in [1.54, 1.807) is 7.11 Å². The second-order valence-corrected chi connectivity index (χ2v) is 1.02. The van der Waals surface area contributed by atoms with E-state index >= 15 is 0 Å². The largest absolute Gasteiger partial charge is 0.374 e. The van der Waals surface area contributed by atoms with Gasteiger partial charge in [-0.3, -0.25) is 0 Å². The molecule has 0 atom stereocenters. The third-order valence-electron chi connectivity index (χ3n) is 0.109. The van der Waals surface area contributed by atoms with Gasteiger partial charge in [0.1, 0.15) is 0 Å². The van der Waals surface area contributed by atoms with Crippen molar-refractivity contribution in [3.63, 3.8) is 0 Å². The highest BCUT2D eigenvalue weighted by Gasteiger charge is 1.53. The third kappa shape index (κ3) is 10.8. The van der Waals surface area contributed by atoms with Crippen molar-refractivity contribution in [2.24, 2.45) is 0 Å². The van der Waals surface area contributed by atoms with Crippen LogP contribution in [0, 0.1) is 0 Å². The van der Waals surface area contributed by atoms with Gasteiger partial charge in [-0.15, -0.1) is 24.0 Å². The lowest BCUT2D eigenvalue weighted by Crippen LogP contribution is -1.67. The monoisotopic (exact) mass is 300 g/mol. The molecule has 34 valence electrons. The van der Waals surface area contributed by atoms with Crippen LogP contribution in [-0.4, -0.2) is 11.7 Å². The Morgan fingerprint density at radius 2 is 2.00 bits per heavy atom. The highest BCUT2D eigenvalue weighted by atomic mass is 127. The quantitative estimate of drug-likeness (QED) is 0.528. The SMILES string of the molecule is COCI.I. The maximum absolute atomic E-state index is 4.53. The van der Waals surface area contributed by atoms with Crippen LogP contribution in [0.5, 0.6) is 0 Å². The standard InChI is InChI=1S/C2H5IO.HI/c1-4-2-3;/h2H2,1H3;1H. The molecule has 0 N–H and O–H groups in total. The lowest BCUT2D eigenvalue weighted by molar-refractivity contribution is 0.268. The van der Waals surface area contributed by atoms with E-state index in [-0.39, 0.29) is 24.0 Å². The number of alkyl halides is 1. The molecule has 1 nitrogen and oxygen atoms in total. The molecule has 0 aliphatic heterocycles. The van der Waals surface area contributed by atoms with E-state index in [0.717, 1.165) is 4.61 Å². The Hall–Kier alpha value is 1.42. The summed E-state index contributed by atoms with van der Waals surface area (Å²) in [5, 5.41) is 0. The Morgan fingerprint density at radius 3 is 2.00 bits per heavy atom. The molecule has 0 rings (SSSR count). The molecule has 3 heteroatoms. The van der Waals surface area contributed by atoms with E-state index in [2.05, 4.69) is 27.3 Å². The second kappa shape index (κ2) is 9.05. The van der Waals surface area contributed by atoms with E-state index in [1.165, 1.54) is 0 Å². The highest BCUT2D eigenvalue weighted by molar-refractivity contribution is 14.1. The number of hydrogen-bond donors (Lipinski definition) is 0. The Morgan fingerprint density at radius 1 is 1.80 bits per heavy atom. The minimum absolute atomic E-state index is 0. The highest BCUT2D eigenvalue weighted by Crippen LogP contribution is 1.74. The summed E-state index contributed by atoms with van der Waals surface area (Å²) >= 11 is 2.13. The molecule has 0 spiro atoms. The minimum atomic E-state index is 0. The number of methoxy groups -OCH3 is 1. The Kier molecular flexibility index (Phi) is 17.5. The summed E-state index contributed by atoms with van der Waals surface area (Å²) in [6.45, 7) is 0. The summed E-state index contributed by atoms with van der Waals surface area (Å²) in [5.41, 5.74) is 0. The van der Waals surface area contributed by atoms with Crippen LogP contribution in [0.4, 0.5) is 0 Å². The zero-order valence-corrected chi connectivity index (χ0v) is 7.39. The van der Waals surface area contributed by atoms with Gasteiger partial charge in [-0.05, 0) is 0 Å². The van der Waals surface area contributed by atoms with Crippen LogP contribution in [0.25, 0.3) is 0 Å². The fourth-order valence-corrected chi connectivity index (χ4v) is 0. The fraction of sp³-hybridized carbons (Fsp3) is 1.00. The van der Waals surface area contributed by atoms with Crippen molar-refractivity contribution in [3.05, 3.63) is 0 Å².